The third kappa shape index (κ3) is 5.48. The Labute approximate surface area is 190 Å². The number of thiophene rings is 1. The highest BCUT2D eigenvalue weighted by molar-refractivity contribution is 7.17. The van der Waals surface area contributed by atoms with E-state index in [1.807, 2.05) is 6.92 Å². The van der Waals surface area contributed by atoms with Crippen molar-refractivity contribution in [3.63, 3.8) is 0 Å². The van der Waals surface area contributed by atoms with E-state index in [4.69, 9.17) is 32.7 Å². The Morgan fingerprint density at radius 3 is 2.70 bits per heavy atom. The van der Waals surface area contributed by atoms with Crippen LogP contribution in [0.3, 0.4) is 0 Å². The number of aryl methyl sites for hydroxylation is 1. The summed E-state index contributed by atoms with van der Waals surface area (Å²) in [6.07, 6.45) is 4.91. The largest absolute Gasteiger partial charge is 0.479 e. The first kappa shape index (κ1) is 22.9. The van der Waals surface area contributed by atoms with Gasteiger partial charge in [-0.1, -0.05) is 36.5 Å². The molecule has 0 aliphatic heterocycles. The Morgan fingerprint density at radius 2 is 1.97 bits per heavy atom. The number of nitrogens with one attached hydrogen (secondary N) is 1. The van der Waals surface area contributed by atoms with E-state index in [2.05, 4.69) is 5.32 Å². The van der Waals surface area contributed by atoms with Crippen molar-refractivity contribution in [2.24, 2.45) is 0 Å². The average molecular weight is 470 g/mol. The monoisotopic (exact) mass is 469 g/mol. The maximum absolute atomic E-state index is 12.8. The second kappa shape index (κ2) is 10.5. The zero-order valence-electron chi connectivity index (χ0n) is 17.1. The number of fused-ring (bicyclic) bond motifs is 1. The van der Waals surface area contributed by atoms with Gasteiger partial charge in [-0.3, -0.25) is 4.79 Å². The molecular formula is C22H25Cl2NO4S. The molecule has 30 heavy (non-hydrogen) atoms. The summed E-state index contributed by atoms with van der Waals surface area (Å²) in [6.45, 7) is 3.93. The number of carbonyl (C=O) groups is 2. The van der Waals surface area contributed by atoms with Crippen LogP contribution in [0.15, 0.2) is 18.2 Å². The number of rotatable bonds is 7. The van der Waals surface area contributed by atoms with Crippen molar-refractivity contribution in [2.75, 3.05) is 11.9 Å². The number of amides is 1. The van der Waals surface area contributed by atoms with Crippen LogP contribution in [0.4, 0.5) is 5.00 Å². The summed E-state index contributed by atoms with van der Waals surface area (Å²) in [5, 5.41) is 4.23. The molecule has 0 unspecified atom stereocenters. The number of hydrogen-bond donors (Lipinski definition) is 1. The van der Waals surface area contributed by atoms with E-state index in [1.165, 1.54) is 11.3 Å². The SMILES string of the molecule is CCCOC(=O)c1c(NC(=O)[C@@H](C)Oc2ccc(Cl)cc2Cl)sc2c1CCCCC2. The molecule has 5 nitrogen and oxygen atoms in total. The molecule has 3 rings (SSSR count). The molecule has 2 aromatic rings. The lowest BCUT2D eigenvalue weighted by Gasteiger charge is -2.16. The van der Waals surface area contributed by atoms with Gasteiger partial charge < -0.3 is 14.8 Å². The molecule has 1 atom stereocenters. The molecule has 1 aliphatic carbocycles. The van der Waals surface area contributed by atoms with Gasteiger partial charge in [-0.25, -0.2) is 4.79 Å². The number of halogens is 2. The minimum atomic E-state index is -0.815. The molecule has 0 spiro atoms. The zero-order valence-corrected chi connectivity index (χ0v) is 19.4. The number of anilines is 1. The summed E-state index contributed by atoms with van der Waals surface area (Å²) in [6, 6.07) is 4.82. The summed E-state index contributed by atoms with van der Waals surface area (Å²) in [4.78, 5) is 26.7. The number of carbonyl (C=O) groups excluding carboxylic acids is 2. The zero-order chi connectivity index (χ0) is 21.7. The highest BCUT2D eigenvalue weighted by Gasteiger charge is 2.28. The third-order valence-corrected chi connectivity index (χ3v) is 6.60. The molecule has 1 aromatic carbocycles. The third-order valence-electron chi connectivity index (χ3n) is 4.87. The van der Waals surface area contributed by atoms with Crippen LogP contribution in [-0.4, -0.2) is 24.6 Å². The van der Waals surface area contributed by atoms with Gasteiger partial charge in [-0.05, 0) is 62.8 Å². The molecule has 0 bridgehead atoms. The predicted molar refractivity (Wildman–Crippen MR) is 121 cm³/mol. The molecule has 1 N–H and O–H groups in total. The lowest BCUT2D eigenvalue weighted by molar-refractivity contribution is -0.122. The lowest BCUT2D eigenvalue weighted by atomic mass is 10.1. The van der Waals surface area contributed by atoms with Crippen molar-refractivity contribution >= 4 is 51.4 Å². The first-order valence-corrected chi connectivity index (χ1v) is 11.7. The molecule has 8 heteroatoms. The van der Waals surface area contributed by atoms with E-state index in [-0.39, 0.29) is 11.9 Å². The quantitative estimate of drug-likeness (QED) is 0.381. The molecule has 1 amide bonds. The van der Waals surface area contributed by atoms with Crippen molar-refractivity contribution in [3.05, 3.63) is 44.2 Å². The van der Waals surface area contributed by atoms with E-state index in [1.54, 1.807) is 25.1 Å². The minimum absolute atomic E-state index is 0.328. The van der Waals surface area contributed by atoms with Gasteiger partial charge in [0.2, 0.25) is 0 Å². The van der Waals surface area contributed by atoms with Gasteiger partial charge in [0.05, 0.1) is 17.2 Å². The van der Waals surface area contributed by atoms with Gasteiger partial charge in [-0.2, -0.15) is 0 Å². The number of hydrogen-bond acceptors (Lipinski definition) is 5. The van der Waals surface area contributed by atoms with Crippen LogP contribution in [-0.2, 0) is 22.4 Å². The normalized spacial score (nSPS) is 14.4. The topological polar surface area (TPSA) is 64.6 Å². The van der Waals surface area contributed by atoms with Crippen molar-refractivity contribution < 1.29 is 19.1 Å². The molecule has 162 valence electrons. The van der Waals surface area contributed by atoms with E-state index in [0.717, 1.165) is 49.0 Å². The average Bonchev–Trinajstić information content (AvgIpc) is 2.88. The Morgan fingerprint density at radius 1 is 1.20 bits per heavy atom. The molecule has 1 heterocycles. The van der Waals surface area contributed by atoms with Crippen molar-refractivity contribution in [1.82, 2.24) is 0 Å². The van der Waals surface area contributed by atoms with Gasteiger partial charge in [0, 0.05) is 9.90 Å². The lowest BCUT2D eigenvalue weighted by Crippen LogP contribution is -2.30. The van der Waals surface area contributed by atoms with Crippen LogP contribution in [0.25, 0.3) is 0 Å². The fourth-order valence-electron chi connectivity index (χ4n) is 3.34. The van der Waals surface area contributed by atoms with Gasteiger partial charge in [0.15, 0.2) is 6.10 Å². The van der Waals surface area contributed by atoms with Gasteiger partial charge in [0.1, 0.15) is 10.8 Å². The van der Waals surface area contributed by atoms with E-state index in [0.29, 0.717) is 33.0 Å². The highest BCUT2D eigenvalue weighted by atomic mass is 35.5. The molecule has 0 saturated carbocycles. The molecule has 0 saturated heterocycles. The fourth-order valence-corrected chi connectivity index (χ4v) is 5.08. The Kier molecular flexibility index (Phi) is 8.03. The summed E-state index contributed by atoms with van der Waals surface area (Å²) in [7, 11) is 0. The summed E-state index contributed by atoms with van der Waals surface area (Å²) < 4.78 is 11.1. The van der Waals surface area contributed by atoms with Gasteiger partial charge in [0.25, 0.3) is 5.91 Å². The first-order chi connectivity index (χ1) is 14.4. The van der Waals surface area contributed by atoms with Crippen LogP contribution in [0.2, 0.25) is 10.0 Å². The van der Waals surface area contributed by atoms with Crippen LogP contribution < -0.4 is 10.1 Å². The van der Waals surface area contributed by atoms with Crippen LogP contribution >= 0.6 is 34.5 Å². The predicted octanol–water partition coefficient (Wildman–Crippen LogP) is 6.30. The van der Waals surface area contributed by atoms with Crippen LogP contribution in [0, 0.1) is 0 Å². The first-order valence-electron chi connectivity index (χ1n) is 10.1. The summed E-state index contributed by atoms with van der Waals surface area (Å²) >= 11 is 13.5. The maximum Gasteiger partial charge on any atom is 0.341 e. The van der Waals surface area contributed by atoms with E-state index < -0.39 is 6.10 Å². The van der Waals surface area contributed by atoms with E-state index in [9.17, 15) is 9.59 Å². The van der Waals surface area contributed by atoms with Gasteiger partial charge >= 0.3 is 5.97 Å². The van der Waals surface area contributed by atoms with E-state index >= 15 is 0 Å². The van der Waals surface area contributed by atoms with Crippen molar-refractivity contribution in [1.29, 1.82) is 0 Å². The highest BCUT2D eigenvalue weighted by Crippen LogP contribution is 2.38. The maximum atomic E-state index is 12.8. The van der Waals surface area contributed by atoms with Crippen LogP contribution in [0.5, 0.6) is 5.75 Å². The molecule has 1 aromatic heterocycles. The molecule has 0 fully saturated rings. The Balaban J connectivity index is 1.80. The molecule has 1 aliphatic rings. The van der Waals surface area contributed by atoms with Gasteiger partial charge in [-0.15, -0.1) is 11.3 Å². The van der Waals surface area contributed by atoms with Crippen molar-refractivity contribution in [3.8, 4) is 5.75 Å². The standard InChI is InChI=1S/C22H25Cl2NO4S/c1-3-11-28-22(27)19-15-7-5-4-6-8-18(15)30-21(19)25-20(26)13(2)29-17-10-9-14(23)12-16(17)24/h9-10,12-13H,3-8,11H2,1-2H3,(H,25,26)/t13-/m1/s1. The Bertz CT molecular complexity index is 928. The summed E-state index contributed by atoms with van der Waals surface area (Å²) in [5.41, 5.74) is 1.51. The number of ether oxygens (including phenoxy) is 2. The Hall–Kier alpha value is -1.76. The second-order valence-electron chi connectivity index (χ2n) is 7.23. The summed E-state index contributed by atoms with van der Waals surface area (Å²) in [5.74, 6) is -0.365. The number of esters is 1. The fraction of sp³-hybridized carbons (Fsp3) is 0.455. The minimum Gasteiger partial charge on any atom is -0.479 e. The van der Waals surface area contributed by atoms with Crippen LogP contribution in [0.1, 0.15) is 60.3 Å². The molecule has 0 radical (unpaired) electrons. The number of benzene rings is 1. The second-order valence-corrected chi connectivity index (χ2v) is 9.18. The smallest absolute Gasteiger partial charge is 0.341 e. The van der Waals surface area contributed by atoms with Crippen molar-refractivity contribution in [2.45, 2.75) is 58.5 Å². The molecular weight excluding hydrogens is 445 g/mol.